The van der Waals surface area contributed by atoms with Crippen LogP contribution < -0.4 is 4.74 Å². The van der Waals surface area contributed by atoms with Crippen LogP contribution in [-0.2, 0) is 0 Å². The van der Waals surface area contributed by atoms with Crippen molar-refractivity contribution in [3.8, 4) is 5.88 Å². The van der Waals surface area contributed by atoms with Crippen LogP contribution >= 0.6 is 0 Å². The van der Waals surface area contributed by atoms with Crippen molar-refractivity contribution in [2.45, 2.75) is 20.3 Å². The number of rotatable bonds is 4. The Morgan fingerprint density at radius 1 is 1.58 bits per heavy atom. The third-order valence-corrected chi connectivity index (χ3v) is 2.60. The smallest absolute Gasteiger partial charge is 0.224 e. The highest BCUT2D eigenvalue weighted by Crippen LogP contribution is 2.19. The molecule has 2 rings (SSSR count). The fraction of sp³-hybridized carbons (Fsp3) is 0.462. The van der Waals surface area contributed by atoms with E-state index in [1.165, 1.54) is 0 Å². The van der Waals surface area contributed by atoms with E-state index in [1.807, 2.05) is 6.07 Å². The van der Waals surface area contributed by atoms with Crippen LogP contribution in [0.2, 0.25) is 0 Å². The Morgan fingerprint density at radius 2 is 2.42 bits per heavy atom. The van der Waals surface area contributed by atoms with Crippen molar-refractivity contribution in [3.63, 3.8) is 0 Å². The Labute approximate surface area is 112 Å². The average Bonchev–Trinajstić information content (AvgIpc) is 2.92. The van der Waals surface area contributed by atoms with Gasteiger partial charge in [0.05, 0.1) is 12.2 Å². The van der Waals surface area contributed by atoms with E-state index >= 15 is 0 Å². The van der Waals surface area contributed by atoms with Crippen molar-refractivity contribution in [1.82, 2.24) is 9.99 Å². The number of ether oxygens (including phenoxy) is 1. The maximum atomic E-state index is 9.23. The molecule has 0 aliphatic carbocycles. The molecule has 1 aliphatic rings. The van der Waals surface area contributed by atoms with E-state index in [0.29, 0.717) is 36.3 Å². The molecule has 0 aromatic carbocycles. The summed E-state index contributed by atoms with van der Waals surface area (Å²) in [7, 11) is 0. The lowest BCUT2D eigenvalue weighted by Crippen LogP contribution is -2.25. The Bertz CT molecular complexity index is 485. The molecule has 0 spiro atoms. The summed E-state index contributed by atoms with van der Waals surface area (Å²) in [5, 5.41) is 18.4. The first-order valence-electron chi connectivity index (χ1n) is 6.32. The van der Waals surface area contributed by atoms with Gasteiger partial charge in [-0.25, -0.2) is 9.99 Å². The number of hydrogen-bond donors (Lipinski definition) is 1. The van der Waals surface area contributed by atoms with Crippen molar-refractivity contribution >= 4 is 12.1 Å². The topological polar surface area (TPSA) is 70.3 Å². The summed E-state index contributed by atoms with van der Waals surface area (Å²) < 4.78 is 5.66. The third-order valence-electron chi connectivity index (χ3n) is 2.60. The monoisotopic (exact) mass is 262 g/mol. The molecule has 0 saturated heterocycles. The number of amidine groups is 1. The van der Waals surface area contributed by atoms with Crippen LogP contribution in [0.25, 0.3) is 0 Å². The first-order chi connectivity index (χ1) is 9.22. The maximum absolute atomic E-state index is 9.23. The summed E-state index contributed by atoms with van der Waals surface area (Å²) in [6.07, 6.45) is 4.28. The zero-order chi connectivity index (χ0) is 13.7. The van der Waals surface area contributed by atoms with Gasteiger partial charge in [-0.15, -0.1) is 0 Å². The minimum atomic E-state index is 0.362. The van der Waals surface area contributed by atoms with Gasteiger partial charge in [0.1, 0.15) is 0 Å². The predicted molar refractivity (Wildman–Crippen MR) is 72.7 cm³/mol. The first-order valence-corrected chi connectivity index (χ1v) is 6.32. The molecule has 0 unspecified atom stereocenters. The zero-order valence-corrected chi connectivity index (χ0v) is 11.2. The van der Waals surface area contributed by atoms with Gasteiger partial charge in [0.15, 0.2) is 0 Å². The normalized spacial score (nSPS) is 15.3. The Hall–Kier alpha value is -2.11. The van der Waals surface area contributed by atoms with E-state index in [-0.39, 0.29) is 0 Å². The molecule has 2 heterocycles. The van der Waals surface area contributed by atoms with Gasteiger partial charge >= 0.3 is 0 Å². The molecule has 1 aromatic heterocycles. The Morgan fingerprint density at radius 3 is 3.05 bits per heavy atom. The lowest BCUT2D eigenvalue weighted by molar-refractivity contribution is 0.259. The summed E-state index contributed by atoms with van der Waals surface area (Å²) in [6, 6.07) is 3.59. The van der Waals surface area contributed by atoms with Gasteiger partial charge in [-0.1, -0.05) is 19.0 Å². The van der Waals surface area contributed by atoms with Crippen LogP contribution in [0.3, 0.4) is 0 Å². The summed E-state index contributed by atoms with van der Waals surface area (Å²) >= 11 is 0. The number of nitrogens with zero attached hydrogens (tertiary/aromatic N) is 4. The summed E-state index contributed by atoms with van der Waals surface area (Å²) in [4.78, 5) is 4.20. The second-order valence-electron chi connectivity index (χ2n) is 4.69. The van der Waals surface area contributed by atoms with Crippen molar-refractivity contribution in [1.29, 1.82) is 0 Å². The molecule has 0 bridgehead atoms. The number of aromatic nitrogens is 1. The van der Waals surface area contributed by atoms with E-state index in [2.05, 4.69) is 29.1 Å². The molecule has 0 fully saturated rings. The van der Waals surface area contributed by atoms with Crippen molar-refractivity contribution < 1.29 is 9.94 Å². The van der Waals surface area contributed by atoms with E-state index in [1.54, 1.807) is 23.5 Å². The van der Waals surface area contributed by atoms with Crippen molar-refractivity contribution in [2.75, 3.05) is 13.2 Å². The molecule has 0 atom stereocenters. The molecule has 102 valence electrons. The fourth-order valence-corrected chi connectivity index (χ4v) is 1.72. The highest BCUT2D eigenvalue weighted by atomic mass is 16.5. The molecule has 6 heteroatoms. The lowest BCUT2D eigenvalue weighted by Gasteiger charge is -2.17. The molecule has 0 radical (unpaired) electrons. The van der Waals surface area contributed by atoms with Crippen LogP contribution in [0, 0.1) is 5.92 Å². The lowest BCUT2D eigenvalue weighted by atomic mass is 10.2. The van der Waals surface area contributed by atoms with Gasteiger partial charge in [0.25, 0.3) is 0 Å². The Balaban J connectivity index is 2.24. The number of hydrogen-bond acceptors (Lipinski definition) is 5. The molecule has 6 nitrogen and oxygen atoms in total. The number of oxime groups is 1. The van der Waals surface area contributed by atoms with E-state index in [4.69, 9.17) is 4.74 Å². The number of hydrazone groups is 1. The van der Waals surface area contributed by atoms with Crippen LogP contribution in [0.5, 0.6) is 5.88 Å². The highest BCUT2D eigenvalue weighted by Gasteiger charge is 2.20. The quantitative estimate of drug-likeness (QED) is 0.389. The second kappa shape index (κ2) is 6.17. The van der Waals surface area contributed by atoms with Crippen LogP contribution in [0.1, 0.15) is 25.8 Å². The zero-order valence-electron chi connectivity index (χ0n) is 11.2. The molecule has 1 aromatic rings. The fourth-order valence-electron chi connectivity index (χ4n) is 1.72. The Kier molecular flexibility index (Phi) is 4.33. The summed E-state index contributed by atoms with van der Waals surface area (Å²) in [6.45, 7) is 5.38. The van der Waals surface area contributed by atoms with Gasteiger partial charge in [0.2, 0.25) is 11.7 Å². The van der Waals surface area contributed by atoms with Crippen LogP contribution in [0.15, 0.2) is 28.6 Å². The van der Waals surface area contributed by atoms with Gasteiger partial charge in [0, 0.05) is 25.4 Å². The minimum Gasteiger partial charge on any atom is -0.477 e. The predicted octanol–water partition coefficient (Wildman–Crippen LogP) is 1.94. The molecule has 1 N–H and O–H groups in total. The summed E-state index contributed by atoms with van der Waals surface area (Å²) in [5.74, 6) is 1.22. The largest absolute Gasteiger partial charge is 0.477 e. The standard InChI is InChI=1S/C13H18N4O2/c1-10(2)9-19-13-11(5-3-6-14-13)12(16-18)17-8-4-7-15-17/h3,5-7,10,18H,4,8-9H2,1-2H3/b16-12-. The average molecular weight is 262 g/mol. The summed E-state index contributed by atoms with van der Waals surface area (Å²) in [5.41, 5.74) is 0.643. The van der Waals surface area contributed by atoms with Crippen molar-refractivity contribution in [3.05, 3.63) is 23.9 Å². The molecule has 1 aliphatic heterocycles. The van der Waals surface area contributed by atoms with E-state index in [0.717, 1.165) is 6.42 Å². The molecular weight excluding hydrogens is 244 g/mol. The van der Waals surface area contributed by atoms with Crippen LogP contribution in [-0.4, -0.2) is 40.4 Å². The maximum Gasteiger partial charge on any atom is 0.224 e. The van der Waals surface area contributed by atoms with E-state index in [9.17, 15) is 5.21 Å². The molecule has 19 heavy (non-hydrogen) atoms. The van der Waals surface area contributed by atoms with Gasteiger partial charge in [-0.3, -0.25) is 0 Å². The molecule has 0 saturated carbocycles. The van der Waals surface area contributed by atoms with Gasteiger partial charge < -0.3 is 9.94 Å². The first kappa shape index (κ1) is 13.3. The van der Waals surface area contributed by atoms with Crippen molar-refractivity contribution in [2.24, 2.45) is 16.2 Å². The molecule has 0 amide bonds. The number of pyridine rings is 1. The van der Waals surface area contributed by atoms with Gasteiger partial charge in [-0.05, 0) is 18.1 Å². The molecular formula is C13H18N4O2. The van der Waals surface area contributed by atoms with Crippen LogP contribution in [0.4, 0.5) is 0 Å². The minimum absolute atomic E-state index is 0.362. The SMILES string of the molecule is CC(C)COc1ncccc1/C(=N/O)N1CCC=N1. The highest BCUT2D eigenvalue weighted by molar-refractivity contribution is 6.00. The van der Waals surface area contributed by atoms with E-state index < -0.39 is 0 Å². The third kappa shape index (κ3) is 3.21. The van der Waals surface area contributed by atoms with Gasteiger partial charge in [-0.2, -0.15) is 5.10 Å². The second-order valence-corrected chi connectivity index (χ2v) is 4.69.